The van der Waals surface area contributed by atoms with Crippen LogP contribution in [-0.2, 0) is 19.6 Å². The molecule has 0 aliphatic carbocycles. The molecule has 0 aromatic heterocycles. The van der Waals surface area contributed by atoms with Crippen molar-refractivity contribution in [3.8, 4) is 0 Å². The Morgan fingerprint density at radius 1 is 1.26 bits per heavy atom. The van der Waals surface area contributed by atoms with Crippen LogP contribution < -0.4 is 4.31 Å². The fourth-order valence-corrected chi connectivity index (χ4v) is 4.45. The van der Waals surface area contributed by atoms with Crippen LogP contribution in [0.1, 0.15) is 50.4 Å². The monoisotopic (exact) mass is 396 g/mol. The molecule has 1 aromatic carbocycles. The molecule has 0 radical (unpaired) electrons. The van der Waals surface area contributed by atoms with E-state index in [9.17, 15) is 18.0 Å². The van der Waals surface area contributed by atoms with Crippen molar-refractivity contribution < 1.29 is 22.7 Å². The number of ether oxygens (including phenoxy) is 1. The fourth-order valence-electron chi connectivity index (χ4n) is 2.90. The summed E-state index contributed by atoms with van der Waals surface area (Å²) in [6, 6.07) is 6.65. The molecule has 150 valence electrons. The lowest BCUT2D eigenvalue weighted by atomic mass is 10.1. The summed E-state index contributed by atoms with van der Waals surface area (Å²) in [4.78, 5) is 25.9. The van der Waals surface area contributed by atoms with E-state index in [-0.39, 0.29) is 24.1 Å². The number of carbonyl (C=O) groups is 2. The largest absolute Gasteiger partial charge is 0.460 e. The Morgan fingerprint density at radius 3 is 2.56 bits per heavy atom. The summed E-state index contributed by atoms with van der Waals surface area (Å²) < 4.78 is 30.7. The van der Waals surface area contributed by atoms with Crippen molar-refractivity contribution in [1.29, 1.82) is 0 Å². The molecule has 1 amide bonds. The molecular formula is C19H28N2O5S. The Balaban J connectivity index is 1.95. The molecule has 8 heteroatoms. The number of hydrogen-bond donors (Lipinski definition) is 0. The second kappa shape index (κ2) is 8.29. The quantitative estimate of drug-likeness (QED) is 0.690. The van der Waals surface area contributed by atoms with Crippen LogP contribution in [0.15, 0.2) is 24.3 Å². The number of hydrogen-bond acceptors (Lipinski definition) is 5. The summed E-state index contributed by atoms with van der Waals surface area (Å²) in [6.45, 7) is 6.28. The highest BCUT2D eigenvalue weighted by atomic mass is 32.2. The van der Waals surface area contributed by atoms with Crippen LogP contribution in [0.25, 0.3) is 0 Å². The van der Waals surface area contributed by atoms with Crippen molar-refractivity contribution in [1.82, 2.24) is 4.90 Å². The third-order valence-corrected chi connectivity index (χ3v) is 5.99. The van der Waals surface area contributed by atoms with Gasteiger partial charge in [-0.25, -0.2) is 8.42 Å². The number of sulfonamides is 1. The van der Waals surface area contributed by atoms with Gasteiger partial charge in [-0.05, 0) is 51.8 Å². The maximum absolute atomic E-state index is 12.6. The van der Waals surface area contributed by atoms with Gasteiger partial charge in [0.15, 0.2) is 0 Å². The van der Waals surface area contributed by atoms with Gasteiger partial charge in [0.25, 0.3) is 5.91 Å². The van der Waals surface area contributed by atoms with E-state index in [1.54, 1.807) is 31.3 Å². The van der Waals surface area contributed by atoms with Crippen LogP contribution >= 0.6 is 0 Å². The highest BCUT2D eigenvalue weighted by molar-refractivity contribution is 7.93. The molecule has 1 heterocycles. The molecule has 27 heavy (non-hydrogen) atoms. The summed E-state index contributed by atoms with van der Waals surface area (Å²) >= 11 is 0. The number of benzene rings is 1. The van der Waals surface area contributed by atoms with Crippen LogP contribution in [0.2, 0.25) is 0 Å². The Labute approximate surface area is 161 Å². The van der Waals surface area contributed by atoms with Gasteiger partial charge in [-0.1, -0.05) is 6.07 Å². The molecule has 0 N–H and O–H groups in total. The van der Waals surface area contributed by atoms with Gasteiger partial charge in [0.1, 0.15) is 5.60 Å². The summed E-state index contributed by atoms with van der Waals surface area (Å²) in [6.07, 6.45) is 1.32. The first-order valence-corrected chi connectivity index (χ1v) is 10.7. The highest BCUT2D eigenvalue weighted by Crippen LogP contribution is 2.25. The minimum atomic E-state index is -3.28. The maximum Gasteiger partial charge on any atom is 0.306 e. The molecule has 7 nitrogen and oxygen atoms in total. The van der Waals surface area contributed by atoms with E-state index in [4.69, 9.17) is 4.74 Å². The number of amides is 1. The predicted molar refractivity (Wildman–Crippen MR) is 104 cm³/mol. The van der Waals surface area contributed by atoms with Gasteiger partial charge in [-0.3, -0.25) is 13.9 Å². The van der Waals surface area contributed by atoms with Crippen LogP contribution in [0, 0.1) is 0 Å². The molecule has 0 bridgehead atoms. The standard InChI is InChI=1S/C19H28N2O5S/c1-19(2,3)26-17(22)10-6-11-20(4)18(23)15-8-5-9-16(14-15)21-12-7-13-27(21,24)25/h5,8-9,14H,6-7,10-13H2,1-4H3. The SMILES string of the molecule is CN(CCCC(=O)OC(C)(C)C)C(=O)c1cccc(N2CCCS2(=O)=O)c1. The zero-order valence-corrected chi connectivity index (χ0v) is 17.2. The number of carbonyl (C=O) groups excluding carboxylic acids is 2. The molecule has 1 aromatic rings. The average molecular weight is 397 g/mol. The molecular weight excluding hydrogens is 368 g/mol. The van der Waals surface area contributed by atoms with Gasteiger partial charge in [0.05, 0.1) is 11.4 Å². The van der Waals surface area contributed by atoms with Gasteiger partial charge >= 0.3 is 5.97 Å². The van der Waals surface area contributed by atoms with Gasteiger partial charge < -0.3 is 9.64 Å². The third kappa shape index (κ3) is 5.95. The van der Waals surface area contributed by atoms with Crippen molar-refractivity contribution in [3.05, 3.63) is 29.8 Å². The van der Waals surface area contributed by atoms with E-state index >= 15 is 0 Å². The van der Waals surface area contributed by atoms with Crippen LogP contribution in [-0.4, -0.2) is 56.7 Å². The average Bonchev–Trinajstić information content (AvgIpc) is 2.91. The summed E-state index contributed by atoms with van der Waals surface area (Å²) in [5.74, 6) is -0.363. The molecule has 1 fully saturated rings. The van der Waals surface area contributed by atoms with Crippen LogP contribution in [0.4, 0.5) is 5.69 Å². The maximum atomic E-state index is 12.6. The molecule has 1 aliphatic heterocycles. The van der Waals surface area contributed by atoms with E-state index in [0.29, 0.717) is 37.2 Å². The molecule has 0 atom stereocenters. The van der Waals surface area contributed by atoms with Gasteiger partial charge in [0.2, 0.25) is 10.0 Å². The first-order valence-electron chi connectivity index (χ1n) is 9.07. The van der Waals surface area contributed by atoms with E-state index in [1.165, 1.54) is 9.21 Å². The summed E-state index contributed by atoms with van der Waals surface area (Å²) in [5, 5.41) is 0. The van der Waals surface area contributed by atoms with E-state index in [0.717, 1.165) is 0 Å². The summed E-state index contributed by atoms with van der Waals surface area (Å²) in [5.41, 5.74) is 0.421. The Morgan fingerprint density at radius 2 is 1.96 bits per heavy atom. The van der Waals surface area contributed by atoms with Crippen LogP contribution in [0.5, 0.6) is 0 Å². The minimum absolute atomic E-state index is 0.135. The van der Waals surface area contributed by atoms with E-state index in [1.807, 2.05) is 20.8 Å². The normalized spacial score (nSPS) is 16.2. The molecule has 1 aliphatic rings. The Bertz CT molecular complexity index is 799. The Hall–Kier alpha value is -2.09. The first-order chi connectivity index (χ1) is 12.5. The molecule has 1 saturated heterocycles. The summed E-state index contributed by atoms with van der Waals surface area (Å²) in [7, 11) is -1.62. The van der Waals surface area contributed by atoms with Gasteiger partial charge in [-0.15, -0.1) is 0 Å². The lowest BCUT2D eigenvalue weighted by molar-refractivity contribution is -0.154. The van der Waals surface area contributed by atoms with Crippen LogP contribution in [0.3, 0.4) is 0 Å². The first kappa shape index (κ1) is 21.2. The smallest absolute Gasteiger partial charge is 0.306 e. The zero-order valence-electron chi connectivity index (χ0n) is 16.4. The topological polar surface area (TPSA) is 84.0 Å². The highest BCUT2D eigenvalue weighted by Gasteiger charge is 2.29. The zero-order chi connectivity index (χ0) is 20.2. The molecule has 0 unspecified atom stereocenters. The third-order valence-electron chi connectivity index (χ3n) is 4.12. The van der Waals surface area contributed by atoms with Gasteiger partial charge in [0, 0.05) is 32.1 Å². The molecule has 0 spiro atoms. The second-order valence-electron chi connectivity index (χ2n) is 7.71. The van der Waals surface area contributed by atoms with Crippen molar-refractivity contribution in [3.63, 3.8) is 0 Å². The van der Waals surface area contributed by atoms with Crippen molar-refractivity contribution in [2.24, 2.45) is 0 Å². The van der Waals surface area contributed by atoms with Crippen molar-refractivity contribution in [2.75, 3.05) is 30.2 Å². The number of esters is 1. The Kier molecular flexibility index (Phi) is 6.51. The lowest BCUT2D eigenvalue weighted by Crippen LogP contribution is -2.30. The lowest BCUT2D eigenvalue weighted by Gasteiger charge is -2.21. The second-order valence-corrected chi connectivity index (χ2v) is 9.72. The predicted octanol–water partition coefficient (Wildman–Crippen LogP) is 2.42. The fraction of sp³-hybridized carbons (Fsp3) is 0.579. The van der Waals surface area contributed by atoms with E-state index < -0.39 is 15.6 Å². The van der Waals surface area contributed by atoms with Crippen molar-refractivity contribution in [2.45, 2.75) is 45.6 Å². The number of rotatable bonds is 6. The van der Waals surface area contributed by atoms with Gasteiger partial charge in [-0.2, -0.15) is 0 Å². The molecule has 0 saturated carbocycles. The number of anilines is 1. The molecule has 2 rings (SSSR count). The number of nitrogens with zero attached hydrogens (tertiary/aromatic N) is 2. The van der Waals surface area contributed by atoms with Crippen molar-refractivity contribution >= 4 is 27.6 Å². The van der Waals surface area contributed by atoms with E-state index in [2.05, 4.69) is 0 Å². The minimum Gasteiger partial charge on any atom is -0.460 e.